The van der Waals surface area contributed by atoms with E-state index in [1.807, 2.05) is 30.3 Å². The number of carbonyl (C=O) groups excluding carboxylic acids is 1. The maximum atomic E-state index is 13.0. The van der Waals surface area contributed by atoms with Crippen LogP contribution in [0.3, 0.4) is 0 Å². The fourth-order valence-electron chi connectivity index (χ4n) is 2.59. The SMILES string of the molecule is COc1ccc2cc(Br)ccc2c1CNC(=O)c1ccc(F)cc1. The van der Waals surface area contributed by atoms with Gasteiger partial charge in [-0.05, 0) is 53.2 Å². The van der Waals surface area contributed by atoms with Gasteiger partial charge in [-0.15, -0.1) is 0 Å². The van der Waals surface area contributed by atoms with E-state index in [1.54, 1.807) is 7.11 Å². The third kappa shape index (κ3) is 3.41. The molecule has 3 rings (SSSR count). The molecule has 122 valence electrons. The third-order valence-corrected chi connectivity index (χ3v) is 4.30. The lowest BCUT2D eigenvalue weighted by molar-refractivity contribution is 0.0951. The van der Waals surface area contributed by atoms with E-state index in [-0.39, 0.29) is 11.7 Å². The summed E-state index contributed by atoms with van der Waals surface area (Å²) >= 11 is 3.46. The Morgan fingerprint density at radius 1 is 1.12 bits per heavy atom. The van der Waals surface area contributed by atoms with E-state index >= 15 is 0 Å². The fourth-order valence-corrected chi connectivity index (χ4v) is 2.97. The van der Waals surface area contributed by atoms with Gasteiger partial charge in [-0.3, -0.25) is 4.79 Å². The van der Waals surface area contributed by atoms with Crippen molar-refractivity contribution in [1.82, 2.24) is 5.32 Å². The molecule has 0 radical (unpaired) electrons. The van der Waals surface area contributed by atoms with E-state index in [1.165, 1.54) is 24.3 Å². The first-order chi connectivity index (χ1) is 11.6. The number of hydrogen-bond acceptors (Lipinski definition) is 2. The molecule has 1 N–H and O–H groups in total. The minimum Gasteiger partial charge on any atom is -0.496 e. The second-order valence-electron chi connectivity index (χ2n) is 5.30. The van der Waals surface area contributed by atoms with Crippen LogP contribution < -0.4 is 10.1 Å². The Balaban J connectivity index is 1.88. The smallest absolute Gasteiger partial charge is 0.251 e. The van der Waals surface area contributed by atoms with Crippen molar-refractivity contribution < 1.29 is 13.9 Å². The van der Waals surface area contributed by atoms with Crippen molar-refractivity contribution in [3.8, 4) is 5.75 Å². The molecule has 0 aromatic heterocycles. The molecular weight excluding hydrogens is 373 g/mol. The van der Waals surface area contributed by atoms with Crippen molar-refractivity contribution in [3.63, 3.8) is 0 Å². The molecule has 0 unspecified atom stereocenters. The van der Waals surface area contributed by atoms with Crippen molar-refractivity contribution in [3.05, 3.63) is 76.0 Å². The molecule has 0 aliphatic carbocycles. The van der Waals surface area contributed by atoms with Gasteiger partial charge in [0.2, 0.25) is 0 Å². The number of halogens is 2. The molecule has 0 bridgehead atoms. The molecule has 5 heteroatoms. The van der Waals surface area contributed by atoms with Crippen LogP contribution in [0.2, 0.25) is 0 Å². The first-order valence-corrected chi connectivity index (χ1v) is 8.16. The zero-order chi connectivity index (χ0) is 17.1. The molecule has 0 aliphatic heterocycles. The summed E-state index contributed by atoms with van der Waals surface area (Å²) in [5, 5.41) is 4.93. The van der Waals surface area contributed by atoms with Gasteiger partial charge in [-0.2, -0.15) is 0 Å². The highest BCUT2D eigenvalue weighted by Crippen LogP contribution is 2.30. The fraction of sp³-hybridized carbons (Fsp3) is 0.105. The highest BCUT2D eigenvalue weighted by atomic mass is 79.9. The Hall–Kier alpha value is -2.40. The molecule has 1 amide bonds. The molecule has 24 heavy (non-hydrogen) atoms. The van der Waals surface area contributed by atoms with Crippen LogP contribution in [0.5, 0.6) is 5.75 Å². The van der Waals surface area contributed by atoms with E-state index < -0.39 is 0 Å². The van der Waals surface area contributed by atoms with Crippen LogP contribution in [0.15, 0.2) is 59.1 Å². The second kappa shape index (κ2) is 7.01. The average Bonchev–Trinajstić information content (AvgIpc) is 2.59. The first kappa shape index (κ1) is 16.5. The quantitative estimate of drug-likeness (QED) is 0.705. The maximum absolute atomic E-state index is 13.0. The molecule has 0 fully saturated rings. The topological polar surface area (TPSA) is 38.3 Å². The Bertz CT molecular complexity index is 894. The molecule has 3 aromatic rings. The molecule has 0 atom stereocenters. The van der Waals surface area contributed by atoms with Crippen LogP contribution in [-0.2, 0) is 6.54 Å². The van der Waals surface area contributed by atoms with Crippen molar-refractivity contribution in [2.75, 3.05) is 7.11 Å². The van der Waals surface area contributed by atoms with Gasteiger partial charge in [0.15, 0.2) is 0 Å². The van der Waals surface area contributed by atoms with Gasteiger partial charge in [0.25, 0.3) is 5.91 Å². The van der Waals surface area contributed by atoms with Crippen LogP contribution in [-0.4, -0.2) is 13.0 Å². The average molecular weight is 388 g/mol. The summed E-state index contributed by atoms with van der Waals surface area (Å²) in [5.41, 5.74) is 1.32. The Morgan fingerprint density at radius 3 is 2.58 bits per heavy atom. The van der Waals surface area contributed by atoms with E-state index in [2.05, 4.69) is 21.2 Å². The number of nitrogens with one attached hydrogen (secondary N) is 1. The number of amides is 1. The summed E-state index contributed by atoms with van der Waals surface area (Å²) in [6.07, 6.45) is 0. The zero-order valence-corrected chi connectivity index (χ0v) is 14.6. The predicted octanol–water partition coefficient (Wildman–Crippen LogP) is 4.68. The van der Waals surface area contributed by atoms with Crippen molar-refractivity contribution in [1.29, 1.82) is 0 Å². The zero-order valence-electron chi connectivity index (χ0n) is 13.0. The number of rotatable bonds is 4. The molecule has 3 nitrogen and oxygen atoms in total. The largest absolute Gasteiger partial charge is 0.496 e. The summed E-state index contributed by atoms with van der Waals surface area (Å²) in [7, 11) is 1.60. The monoisotopic (exact) mass is 387 g/mol. The summed E-state index contributed by atoms with van der Waals surface area (Å²) in [5.74, 6) is 0.0863. The predicted molar refractivity (Wildman–Crippen MR) is 95.8 cm³/mol. The standard InChI is InChI=1S/C19H15BrFNO2/c1-24-18-9-4-13-10-14(20)5-8-16(13)17(18)11-22-19(23)12-2-6-15(21)7-3-12/h2-10H,11H2,1H3,(H,22,23). The van der Waals surface area contributed by atoms with Crippen LogP contribution in [0, 0.1) is 5.82 Å². The molecule has 3 aromatic carbocycles. The Labute approximate surface area is 147 Å². The molecule has 0 saturated heterocycles. The number of hydrogen-bond donors (Lipinski definition) is 1. The van der Waals surface area contributed by atoms with Gasteiger partial charge in [-0.25, -0.2) is 4.39 Å². The highest BCUT2D eigenvalue weighted by Gasteiger charge is 2.11. The molecule has 0 spiro atoms. The van der Waals surface area contributed by atoms with Gasteiger partial charge in [-0.1, -0.05) is 28.1 Å². The number of ether oxygens (including phenoxy) is 1. The molecule has 0 heterocycles. The van der Waals surface area contributed by atoms with E-state index in [0.717, 1.165) is 20.8 Å². The van der Waals surface area contributed by atoms with Crippen molar-refractivity contribution in [2.45, 2.75) is 6.54 Å². The van der Waals surface area contributed by atoms with Gasteiger partial charge < -0.3 is 10.1 Å². The van der Waals surface area contributed by atoms with Crippen LogP contribution >= 0.6 is 15.9 Å². The van der Waals surface area contributed by atoms with Gasteiger partial charge in [0, 0.05) is 22.1 Å². The normalized spacial score (nSPS) is 10.6. The molecule has 0 saturated carbocycles. The van der Waals surface area contributed by atoms with E-state index in [4.69, 9.17) is 4.74 Å². The van der Waals surface area contributed by atoms with Crippen molar-refractivity contribution >= 4 is 32.6 Å². The number of benzene rings is 3. The molecular formula is C19H15BrFNO2. The first-order valence-electron chi connectivity index (χ1n) is 7.37. The number of carbonyl (C=O) groups is 1. The third-order valence-electron chi connectivity index (χ3n) is 3.80. The Morgan fingerprint density at radius 2 is 1.88 bits per heavy atom. The number of fused-ring (bicyclic) bond motifs is 1. The van der Waals surface area contributed by atoms with Gasteiger partial charge in [0.1, 0.15) is 11.6 Å². The van der Waals surface area contributed by atoms with Crippen molar-refractivity contribution in [2.24, 2.45) is 0 Å². The minimum atomic E-state index is -0.368. The summed E-state index contributed by atoms with van der Waals surface area (Å²) in [6, 6.07) is 15.3. The summed E-state index contributed by atoms with van der Waals surface area (Å²) in [4.78, 5) is 12.2. The second-order valence-corrected chi connectivity index (χ2v) is 6.22. The van der Waals surface area contributed by atoms with Crippen LogP contribution in [0.1, 0.15) is 15.9 Å². The number of methoxy groups -OCH3 is 1. The van der Waals surface area contributed by atoms with Crippen LogP contribution in [0.25, 0.3) is 10.8 Å². The van der Waals surface area contributed by atoms with Gasteiger partial charge in [0.05, 0.1) is 7.11 Å². The lowest BCUT2D eigenvalue weighted by Crippen LogP contribution is -2.23. The summed E-state index contributed by atoms with van der Waals surface area (Å²) < 4.78 is 19.4. The Kier molecular flexibility index (Phi) is 4.81. The molecule has 0 aliphatic rings. The van der Waals surface area contributed by atoms with Crippen LogP contribution in [0.4, 0.5) is 4.39 Å². The lowest BCUT2D eigenvalue weighted by Gasteiger charge is -2.13. The van der Waals surface area contributed by atoms with E-state index in [0.29, 0.717) is 17.9 Å². The maximum Gasteiger partial charge on any atom is 0.251 e. The van der Waals surface area contributed by atoms with Gasteiger partial charge >= 0.3 is 0 Å². The highest BCUT2D eigenvalue weighted by molar-refractivity contribution is 9.10. The van der Waals surface area contributed by atoms with E-state index in [9.17, 15) is 9.18 Å². The minimum absolute atomic E-state index is 0.258. The lowest BCUT2D eigenvalue weighted by atomic mass is 10.0. The summed E-state index contributed by atoms with van der Waals surface area (Å²) in [6.45, 7) is 0.318.